The molecule has 5 nitrogen and oxygen atoms in total. The molecule has 0 saturated carbocycles. The van der Waals surface area contributed by atoms with E-state index in [1.165, 1.54) is 36.4 Å². The summed E-state index contributed by atoms with van der Waals surface area (Å²) in [5.74, 6) is -1.48. The number of aryl methyl sites for hydroxylation is 1. The number of phenolic OH excluding ortho intramolecular Hbond substituents is 1. The maximum absolute atomic E-state index is 13.6. The van der Waals surface area contributed by atoms with Crippen molar-refractivity contribution in [3.8, 4) is 5.75 Å². The molecular weight excluding hydrogens is 327 g/mol. The van der Waals surface area contributed by atoms with E-state index < -0.39 is 17.4 Å². The number of hydrogen-bond donors (Lipinski definition) is 1. The number of hydrogen-bond acceptors (Lipinski definition) is 5. The summed E-state index contributed by atoms with van der Waals surface area (Å²) in [4.78, 5) is 23.7. The van der Waals surface area contributed by atoms with Crippen LogP contribution in [0.15, 0.2) is 51.7 Å². The van der Waals surface area contributed by atoms with Crippen LogP contribution in [0.5, 0.6) is 5.75 Å². The van der Waals surface area contributed by atoms with Gasteiger partial charge in [-0.2, -0.15) is 0 Å². The van der Waals surface area contributed by atoms with E-state index in [0.717, 1.165) is 0 Å². The largest absolute Gasteiger partial charge is 0.508 e. The Morgan fingerprint density at radius 1 is 1.20 bits per heavy atom. The number of esters is 1. The van der Waals surface area contributed by atoms with E-state index in [9.17, 15) is 19.1 Å². The summed E-state index contributed by atoms with van der Waals surface area (Å²) >= 11 is 0. The van der Waals surface area contributed by atoms with E-state index in [1.807, 2.05) is 6.92 Å². The van der Waals surface area contributed by atoms with Crippen LogP contribution >= 0.6 is 0 Å². The highest BCUT2D eigenvalue weighted by Gasteiger charge is 2.15. The average molecular weight is 342 g/mol. The number of ether oxygens (including phenoxy) is 1. The first-order valence-corrected chi connectivity index (χ1v) is 7.70. The number of phenols is 1. The molecule has 0 spiro atoms. The Balaban J connectivity index is 1.94. The molecular formula is C19H15FO5. The summed E-state index contributed by atoms with van der Waals surface area (Å²) in [5.41, 5.74) is 0.475. The number of halogens is 1. The maximum atomic E-state index is 13.6. The fourth-order valence-corrected chi connectivity index (χ4v) is 2.56. The van der Waals surface area contributed by atoms with Gasteiger partial charge >= 0.3 is 11.6 Å². The Morgan fingerprint density at radius 2 is 1.96 bits per heavy atom. The summed E-state index contributed by atoms with van der Waals surface area (Å²) in [6.45, 7) is 1.65. The number of carbonyl (C=O) groups excluding carboxylic acids is 1. The minimum absolute atomic E-state index is 0.0265. The fraction of sp³-hybridized carbons (Fsp3) is 0.158. The smallest absolute Gasteiger partial charge is 0.341 e. The molecule has 1 N–H and O–H groups in total. The van der Waals surface area contributed by atoms with Gasteiger partial charge in [0.25, 0.3) is 0 Å². The highest BCUT2D eigenvalue weighted by atomic mass is 19.1. The zero-order valence-electron chi connectivity index (χ0n) is 13.4. The maximum Gasteiger partial charge on any atom is 0.341 e. The standard InChI is InChI=1S/C19H15FO5/c1-2-11-7-14-12(8-18(22)25-17(14)9-16(11)21)10-24-19(23)13-5-3-4-6-15(13)20/h3-9,21H,2,10H2,1H3. The van der Waals surface area contributed by atoms with Crippen LogP contribution in [0.25, 0.3) is 11.0 Å². The van der Waals surface area contributed by atoms with Crippen LogP contribution < -0.4 is 5.63 Å². The Kier molecular flexibility index (Phi) is 4.52. The van der Waals surface area contributed by atoms with Gasteiger partial charge < -0.3 is 14.3 Å². The summed E-state index contributed by atoms with van der Waals surface area (Å²) in [7, 11) is 0. The summed E-state index contributed by atoms with van der Waals surface area (Å²) in [6, 6.07) is 9.75. The minimum atomic E-state index is -0.825. The Hall–Kier alpha value is -3.15. The van der Waals surface area contributed by atoms with Crippen LogP contribution in [0.4, 0.5) is 4.39 Å². The number of rotatable bonds is 4. The SMILES string of the molecule is CCc1cc2c(COC(=O)c3ccccc3F)cc(=O)oc2cc1O. The van der Waals surface area contributed by atoms with E-state index in [0.29, 0.717) is 22.9 Å². The van der Waals surface area contributed by atoms with E-state index in [1.54, 1.807) is 6.07 Å². The van der Waals surface area contributed by atoms with Crippen molar-refractivity contribution in [2.45, 2.75) is 20.0 Å². The van der Waals surface area contributed by atoms with Gasteiger partial charge in [-0.1, -0.05) is 19.1 Å². The van der Waals surface area contributed by atoms with E-state index in [-0.39, 0.29) is 23.5 Å². The third-order valence-electron chi connectivity index (χ3n) is 3.86. The summed E-state index contributed by atoms with van der Waals surface area (Å²) in [6.07, 6.45) is 0.579. The zero-order chi connectivity index (χ0) is 18.0. The second-order valence-electron chi connectivity index (χ2n) is 5.48. The fourth-order valence-electron chi connectivity index (χ4n) is 2.56. The van der Waals surface area contributed by atoms with Crippen molar-refractivity contribution in [1.82, 2.24) is 0 Å². The van der Waals surface area contributed by atoms with Crippen molar-refractivity contribution in [2.24, 2.45) is 0 Å². The molecule has 128 valence electrons. The quantitative estimate of drug-likeness (QED) is 0.579. The highest BCUT2D eigenvalue weighted by molar-refractivity contribution is 5.90. The molecule has 0 bridgehead atoms. The lowest BCUT2D eigenvalue weighted by Crippen LogP contribution is -2.09. The first-order chi connectivity index (χ1) is 12.0. The van der Waals surface area contributed by atoms with E-state index >= 15 is 0 Å². The highest BCUT2D eigenvalue weighted by Crippen LogP contribution is 2.27. The van der Waals surface area contributed by atoms with Crippen molar-refractivity contribution < 1.29 is 23.4 Å². The van der Waals surface area contributed by atoms with Crippen LogP contribution in [-0.4, -0.2) is 11.1 Å². The van der Waals surface area contributed by atoms with Crippen LogP contribution in [0.1, 0.15) is 28.4 Å². The molecule has 25 heavy (non-hydrogen) atoms. The van der Waals surface area contributed by atoms with Crippen LogP contribution in [0.3, 0.4) is 0 Å². The number of carbonyl (C=O) groups is 1. The molecule has 0 saturated heterocycles. The monoisotopic (exact) mass is 342 g/mol. The number of benzene rings is 2. The predicted octanol–water partition coefficient (Wildman–Crippen LogP) is 3.56. The molecule has 0 unspecified atom stereocenters. The summed E-state index contributed by atoms with van der Waals surface area (Å²) < 4.78 is 23.8. The van der Waals surface area contributed by atoms with Gasteiger partial charge in [0.1, 0.15) is 23.8 Å². The molecule has 1 aromatic heterocycles. The van der Waals surface area contributed by atoms with Gasteiger partial charge in [-0.05, 0) is 30.2 Å². The molecule has 3 rings (SSSR count). The molecule has 2 aromatic carbocycles. The molecule has 0 aliphatic carbocycles. The van der Waals surface area contributed by atoms with Gasteiger partial charge in [0.2, 0.25) is 0 Å². The molecule has 0 aliphatic rings. The van der Waals surface area contributed by atoms with Crippen molar-refractivity contribution in [3.05, 3.63) is 75.4 Å². The second kappa shape index (κ2) is 6.76. The predicted molar refractivity (Wildman–Crippen MR) is 89.0 cm³/mol. The number of fused-ring (bicyclic) bond motifs is 1. The molecule has 0 atom stereocenters. The van der Waals surface area contributed by atoms with Crippen LogP contribution in [0, 0.1) is 5.82 Å². The minimum Gasteiger partial charge on any atom is -0.508 e. The van der Waals surface area contributed by atoms with Crippen LogP contribution in [0.2, 0.25) is 0 Å². The third kappa shape index (κ3) is 3.38. The molecule has 0 radical (unpaired) electrons. The Morgan fingerprint density at radius 3 is 2.68 bits per heavy atom. The van der Waals surface area contributed by atoms with Gasteiger partial charge in [0.05, 0.1) is 5.56 Å². The molecule has 1 heterocycles. The van der Waals surface area contributed by atoms with Gasteiger partial charge in [-0.25, -0.2) is 14.0 Å². The van der Waals surface area contributed by atoms with Gasteiger partial charge in [0, 0.05) is 23.1 Å². The zero-order valence-corrected chi connectivity index (χ0v) is 13.4. The van der Waals surface area contributed by atoms with Crippen molar-refractivity contribution in [3.63, 3.8) is 0 Å². The van der Waals surface area contributed by atoms with Crippen molar-refractivity contribution in [2.75, 3.05) is 0 Å². The van der Waals surface area contributed by atoms with Crippen molar-refractivity contribution in [1.29, 1.82) is 0 Å². The lowest BCUT2D eigenvalue weighted by atomic mass is 10.0. The summed E-state index contributed by atoms with van der Waals surface area (Å²) in [5, 5.41) is 10.5. The van der Waals surface area contributed by atoms with Crippen molar-refractivity contribution >= 4 is 16.9 Å². The van der Waals surface area contributed by atoms with E-state index in [4.69, 9.17) is 9.15 Å². The Labute approximate surface area is 142 Å². The van der Waals surface area contributed by atoms with E-state index in [2.05, 4.69) is 0 Å². The molecule has 6 heteroatoms. The lowest BCUT2D eigenvalue weighted by molar-refractivity contribution is 0.0468. The third-order valence-corrected chi connectivity index (χ3v) is 3.86. The first-order valence-electron chi connectivity index (χ1n) is 7.70. The lowest BCUT2D eigenvalue weighted by Gasteiger charge is -2.10. The first kappa shape index (κ1) is 16.7. The van der Waals surface area contributed by atoms with Crippen LogP contribution in [-0.2, 0) is 17.8 Å². The van der Waals surface area contributed by atoms with Gasteiger partial charge in [-0.3, -0.25) is 0 Å². The number of aromatic hydroxyl groups is 1. The Bertz CT molecular complexity index is 1010. The average Bonchev–Trinajstić information content (AvgIpc) is 2.59. The topological polar surface area (TPSA) is 76.7 Å². The van der Waals surface area contributed by atoms with Gasteiger partial charge in [0.15, 0.2) is 0 Å². The molecule has 0 aliphatic heterocycles. The second-order valence-corrected chi connectivity index (χ2v) is 5.48. The molecule has 3 aromatic rings. The van der Waals surface area contributed by atoms with Gasteiger partial charge in [-0.15, -0.1) is 0 Å². The molecule has 0 amide bonds. The normalized spacial score (nSPS) is 10.8. The molecule has 0 fully saturated rings.